The Morgan fingerprint density at radius 2 is 0.600 bits per heavy atom. The van der Waals surface area contributed by atoms with Crippen LogP contribution in [0.4, 0.5) is 21.0 Å². The van der Waals surface area contributed by atoms with Gasteiger partial charge in [-0.15, -0.1) is 0 Å². The molecule has 0 heterocycles. The molecule has 0 atom stereocenters. The zero-order valence-corrected chi connectivity index (χ0v) is 40.1. The van der Waals surface area contributed by atoms with Crippen LogP contribution in [-0.4, -0.2) is 74.5 Å². The normalized spacial score (nSPS) is 11.4. The van der Waals surface area contributed by atoms with Gasteiger partial charge >= 0.3 is 12.2 Å². The number of hydrogen-bond donors (Lipinski definition) is 2. The Morgan fingerprint density at radius 3 is 0.850 bits per heavy atom. The van der Waals surface area contributed by atoms with Gasteiger partial charge in [0.25, 0.3) is 0 Å². The van der Waals surface area contributed by atoms with Gasteiger partial charge in [0.1, 0.15) is 0 Å². The number of hydrogen-bond acceptors (Lipinski definition) is 6. The molecule has 0 radical (unpaired) electrons. The molecule has 0 fully saturated rings. The minimum Gasteiger partial charge on any atom is -0.449 e. The van der Waals surface area contributed by atoms with Crippen molar-refractivity contribution in [3.05, 3.63) is 24.3 Å². The molecule has 0 saturated heterocycles. The van der Waals surface area contributed by atoms with Gasteiger partial charge in [0.05, 0.1) is 13.2 Å². The van der Waals surface area contributed by atoms with E-state index in [1.807, 2.05) is 0 Å². The van der Waals surface area contributed by atoms with Crippen molar-refractivity contribution < 1.29 is 19.1 Å². The number of nitrogens with one attached hydrogen (secondary N) is 2. The summed E-state index contributed by atoms with van der Waals surface area (Å²) < 4.78 is 10.9. The van der Waals surface area contributed by atoms with Gasteiger partial charge < -0.3 is 19.3 Å². The van der Waals surface area contributed by atoms with Gasteiger partial charge in [-0.2, -0.15) is 0 Å². The number of ether oxygens (including phenoxy) is 2. The first-order valence-corrected chi connectivity index (χ1v) is 25.9. The van der Waals surface area contributed by atoms with Gasteiger partial charge in [-0.25, -0.2) is 9.59 Å². The molecule has 1 rings (SSSR count). The lowest BCUT2D eigenvalue weighted by Gasteiger charge is -2.20. The van der Waals surface area contributed by atoms with Crippen LogP contribution in [0.1, 0.15) is 233 Å². The fraction of sp³-hybridized carbons (Fsp3) is 0.846. The van der Waals surface area contributed by atoms with Crippen molar-refractivity contribution in [1.29, 1.82) is 0 Å². The summed E-state index contributed by atoms with van der Waals surface area (Å²) in [7, 11) is 0. The molecule has 0 saturated carbocycles. The number of benzene rings is 1. The minimum absolute atomic E-state index is 0.406. The Balaban J connectivity index is 2.00. The lowest BCUT2D eigenvalue weighted by molar-refractivity contribution is 0.156. The quantitative estimate of drug-likeness (QED) is 0.0637. The van der Waals surface area contributed by atoms with Gasteiger partial charge in [0.2, 0.25) is 0 Å². The lowest BCUT2D eigenvalue weighted by atomic mass is 10.0. The second kappa shape index (κ2) is 43.3. The highest BCUT2D eigenvalue weighted by molar-refractivity contribution is 5.87. The molecule has 8 heteroatoms. The van der Waals surface area contributed by atoms with Gasteiger partial charge in [0.15, 0.2) is 0 Å². The lowest BCUT2D eigenvalue weighted by Crippen LogP contribution is -2.26. The van der Waals surface area contributed by atoms with Gasteiger partial charge in [-0.1, -0.05) is 195 Å². The molecule has 0 aromatic heterocycles. The van der Waals surface area contributed by atoms with E-state index in [9.17, 15) is 9.59 Å². The van der Waals surface area contributed by atoms with Crippen LogP contribution in [0.15, 0.2) is 24.3 Å². The molecule has 60 heavy (non-hydrogen) atoms. The van der Waals surface area contributed by atoms with E-state index in [1.165, 1.54) is 180 Å². The molecule has 0 aliphatic carbocycles. The molecule has 0 unspecified atom stereocenters. The number of rotatable bonds is 44. The molecule has 2 N–H and O–H groups in total. The second-order valence-electron chi connectivity index (χ2n) is 17.6. The number of carbonyl (C=O) groups is 2. The van der Waals surface area contributed by atoms with Crippen molar-refractivity contribution >= 4 is 23.6 Å². The topological polar surface area (TPSA) is 83.1 Å². The zero-order chi connectivity index (χ0) is 43.4. The fourth-order valence-electron chi connectivity index (χ4n) is 8.07. The maximum atomic E-state index is 12.3. The standard InChI is InChI=1S/C52H98N4O4/c1-5-9-11-13-15-17-19-21-23-25-27-29-31-33-43-55(7-3)45-35-37-47-59-51(57)53-49-39-41-50(42-40-49)54-52(58)60-48-38-36-46-56(8-4)44-34-32-30-28-26-24-22-20-18-16-14-12-10-6-2/h39-42H,5-38,43-48H2,1-4H3,(H,53,57)(H,54,58). The van der Waals surface area contributed by atoms with Crippen molar-refractivity contribution in [2.24, 2.45) is 0 Å². The Kier molecular flexibility index (Phi) is 40.2. The van der Waals surface area contributed by atoms with E-state index in [2.05, 4.69) is 48.1 Å². The third kappa shape index (κ3) is 36.3. The summed E-state index contributed by atoms with van der Waals surface area (Å²) in [5, 5.41) is 5.57. The average Bonchev–Trinajstić information content (AvgIpc) is 3.25. The van der Waals surface area contributed by atoms with Crippen molar-refractivity contribution in [2.75, 3.05) is 63.1 Å². The number of amides is 2. The van der Waals surface area contributed by atoms with E-state index in [0.717, 1.165) is 65.0 Å². The molecule has 8 nitrogen and oxygen atoms in total. The van der Waals surface area contributed by atoms with Crippen LogP contribution in [0.3, 0.4) is 0 Å². The number of carbonyl (C=O) groups excluding carboxylic acids is 2. The highest BCUT2D eigenvalue weighted by Crippen LogP contribution is 2.17. The van der Waals surface area contributed by atoms with E-state index in [1.54, 1.807) is 24.3 Å². The van der Waals surface area contributed by atoms with Crippen LogP contribution in [0.25, 0.3) is 0 Å². The first-order valence-electron chi connectivity index (χ1n) is 25.9. The van der Waals surface area contributed by atoms with Crippen molar-refractivity contribution in [2.45, 2.75) is 233 Å². The van der Waals surface area contributed by atoms with E-state index < -0.39 is 12.2 Å². The van der Waals surface area contributed by atoms with Crippen LogP contribution in [0, 0.1) is 0 Å². The molecule has 1 aromatic rings. The van der Waals surface area contributed by atoms with Gasteiger partial charge in [-0.05, 0) is 102 Å². The summed E-state index contributed by atoms with van der Waals surface area (Å²) in [6.07, 6.45) is 41.8. The predicted molar refractivity (Wildman–Crippen MR) is 260 cm³/mol. The van der Waals surface area contributed by atoms with Gasteiger partial charge in [0, 0.05) is 11.4 Å². The largest absolute Gasteiger partial charge is 0.449 e. The minimum atomic E-state index is -0.453. The molecule has 2 amide bonds. The van der Waals surface area contributed by atoms with Crippen LogP contribution < -0.4 is 10.6 Å². The maximum Gasteiger partial charge on any atom is 0.411 e. The van der Waals surface area contributed by atoms with Crippen molar-refractivity contribution in [3.8, 4) is 0 Å². The van der Waals surface area contributed by atoms with E-state index in [-0.39, 0.29) is 0 Å². The molecule has 0 aliphatic rings. The average molecular weight is 843 g/mol. The van der Waals surface area contributed by atoms with Crippen molar-refractivity contribution in [3.63, 3.8) is 0 Å². The van der Waals surface area contributed by atoms with Gasteiger partial charge in [-0.3, -0.25) is 10.6 Å². The number of anilines is 2. The Bertz CT molecular complexity index is 988. The first-order chi connectivity index (χ1) is 29.5. The van der Waals surface area contributed by atoms with Crippen LogP contribution in [-0.2, 0) is 9.47 Å². The van der Waals surface area contributed by atoms with Crippen LogP contribution >= 0.6 is 0 Å². The third-order valence-corrected chi connectivity index (χ3v) is 12.1. The number of nitrogens with zero attached hydrogens (tertiary/aromatic N) is 2. The summed E-state index contributed by atoms with van der Waals surface area (Å²) in [5.74, 6) is 0. The molecule has 1 aromatic carbocycles. The maximum absolute atomic E-state index is 12.3. The van der Waals surface area contributed by atoms with Crippen LogP contribution in [0.5, 0.6) is 0 Å². The monoisotopic (exact) mass is 843 g/mol. The molecular weight excluding hydrogens is 745 g/mol. The Morgan fingerprint density at radius 1 is 0.367 bits per heavy atom. The Hall–Kier alpha value is -2.32. The first kappa shape index (κ1) is 55.7. The molecule has 0 spiro atoms. The summed E-state index contributed by atoms with van der Waals surface area (Å²) in [6.45, 7) is 16.4. The van der Waals surface area contributed by atoms with Crippen LogP contribution in [0.2, 0.25) is 0 Å². The van der Waals surface area contributed by atoms with E-state index in [0.29, 0.717) is 24.6 Å². The summed E-state index contributed by atoms with van der Waals surface area (Å²) in [6, 6.07) is 7.02. The highest BCUT2D eigenvalue weighted by atomic mass is 16.6. The summed E-state index contributed by atoms with van der Waals surface area (Å²) in [5.41, 5.74) is 1.25. The van der Waals surface area contributed by atoms with Crippen molar-refractivity contribution in [1.82, 2.24) is 9.80 Å². The second-order valence-corrected chi connectivity index (χ2v) is 17.6. The highest BCUT2D eigenvalue weighted by Gasteiger charge is 2.08. The molecular formula is C52H98N4O4. The SMILES string of the molecule is CCCCCCCCCCCCCCCCN(CC)CCCCOC(=O)Nc1ccc(NC(=O)OCCCCN(CC)CCCCCCCCCCCCCCCC)cc1. The zero-order valence-electron chi connectivity index (χ0n) is 40.1. The summed E-state index contributed by atoms with van der Waals surface area (Å²) in [4.78, 5) is 29.7. The molecule has 350 valence electrons. The predicted octanol–water partition coefficient (Wildman–Crippen LogP) is 16.0. The fourth-order valence-corrected chi connectivity index (χ4v) is 8.07. The summed E-state index contributed by atoms with van der Waals surface area (Å²) >= 11 is 0. The molecule has 0 aliphatic heterocycles. The van der Waals surface area contributed by atoms with E-state index in [4.69, 9.17) is 9.47 Å². The van der Waals surface area contributed by atoms with E-state index >= 15 is 0 Å². The third-order valence-electron chi connectivity index (χ3n) is 12.1. The smallest absolute Gasteiger partial charge is 0.411 e. The number of unbranched alkanes of at least 4 members (excludes halogenated alkanes) is 28. The Labute approximate surface area is 371 Å². The molecule has 0 bridgehead atoms.